The molecule has 7 heavy (non-hydrogen) atoms. The van der Waals surface area contributed by atoms with Crippen LogP contribution in [0.25, 0.3) is 10.4 Å². The van der Waals surface area contributed by atoms with E-state index in [9.17, 15) is 0 Å². The maximum atomic E-state index is 7.68. The standard InChI is InChI=1S/C2H5ClN4/c3-5-1-2-6-7-4/h5H,1-2H2. The average Bonchev–Trinajstić information content (AvgIpc) is 1.69. The summed E-state index contributed by atoms with van der Waals surface area (Å²) in [4.78, 5) is 4.81. The van der Waals surface area contributed by atoms with E-state index in [1.807, 2.05) is 0 Å². The molecule has 0 aromatic rings. The highest BCUT2D eigenvalue weighted by molar-refractivity contribution is 6.13. The minimum Gasteiger partial charge on any atom is -0.233 e. The summed E-state index contributed by atoms with van der Waals surface area (Å²) in [5.74, 6) is 0. The molecule has 40 valence electrons. The molecule has 0 heterocycles. The highest BCUT2D eigenvalue weighted by atomic mass is 35.5. The average molecular weight is 121 g/mol. The van der Waals surface area contributed by atoms with Gasteiger partial charge in [0.15, 0.2) is 0 Å². The quantitative estimate of drug-likeness (QED) is 0.195. The predicted octanol–water partition coefficient (Wildman–Crippen LogP) is 1.04. The Morgan fingerprint density at radius 2 is 2.57 bits per heavy atom. The third-order valence-corrected chi connectivity index (χ3v) is 0.559. The Labute approximate surface area is 46.2 Å². The molecule has 0 fully saturated rings. The fraction of sp³-hybridized carbons (Fsp3) is 1.00. The van der Waals surface area contributed by atoms with E-state index in [-0.39, 0.29) is 0 Å². The number of hydrogen-bond donors (Lipinski definition) is 1. The smallest absolute Gasteiger partial charge is 0.0396 e. The topological polar surface area (TPSA) is 60.8 Å². The van der Waals surface area contributed by atoms with Crippen LogP contribution in [-0.4, -0.2) is 13.1 Å². The zero-order valence-corrected chi connectivity index (χ0v) is 4.39. The van der Waals surface area contributed by atoms with E-state index in [1.165, 1.54) is 0 Å². The second kappa shape index (κ2) is 5.56. The zero-order valence-electron chi connectivity index (χ0n) is 3.63. The molecule has 0 bridgehead atoms. The van der Waals surface area contributed by atoms with Crippen molar-refractivity contribution in [2.75, 3.05) is 13.1 Å². The van der Waals surface area contributed by atoms with Crippen molar-refractivity contribution in [3.63, 3.8) is 0 Å². The summed E-state index contributed by atoms with van der Waals surface area (Å²) in [5.41, 5.74) is 7.68. The molecule has 0 aromatic heterocycles. The molecule has 0 radical (unpaired) electrons. The maximum absolute atomic E-state index is 7.68. The lowest BCUT2D eigenvalue weighted by molar-refractivity contribution is 0.901. The summed E-state index contributed by atoms with van der Waals surface area (Å²) in [6.07, 6.45) is 0. The Morgan fingerprint density at radius 1 is 1.86 bits per heavy atom. The first-order valence-corrected chi connectivity index (χ1v) is 2.14. The monoisotopic (exact) mass is 120 g/mol. The van der Waals surface area contributed by atoms with Gasteiger partial charge in [-0.1, -0.05) is 5.11 Å². The van der Waals surface area contributed by atoms with Crippen LogP contribution in [-0.2, 0) is 0 Å². The van der Waals surface area contributed by atoms with E-state index in [0.717, 1.165) is 0 Å². The van der Waals surface area contributed by atoms with Crippen LogP contribution < -0.4 is 4.84 Å². The Bertz CT molecular complexity index is 75.8. The van der Waals surface area contributed by atoms with Gasteiger partial charge < -0.3 is 0 Å². The molecule has 0 aliphatic carbocycles. The largest absolute Gasteiger partial charge is 0.233 e. The van der Waals surface area contributed by atoms with Gasteiger partial charge in [0.1, 0.15) is 0 Å². The van der Waals surface area contributed by atoms with Gasteiger partial charge in [-0.05, 0) is 17.3 Å². The number of halogens is 1. The molecular formula is C2H5ClN4. The van der Waals surface area contributed by atoms with Crippen LogP contribution in [0.5, 0.6) is 0 Å². The van der Waals surface area contributed by atoms with Crippen LogP contribution in [0.15, 0.2) is 5.11 Å². The van der Waals surface area contributed by atoms with Gasteiger partial charge in [-0.15, -0.1) is 0 Å². The third kappa shape index (κ3) is 5.56. The summed E-state index contributed by atoms with van der Waals surface area (Å²) in [6, 6.07) is 0. The first kappa shape index (κ1) is 6.56. The van der Waals surface area contributed by atoms with Crippen LogP contribution in [0.1, 0.15) is 0 Å². The maximum Gasteiger partial charge on any atom is 0.0396 e. The first-order valence-electron chi connectivity index (χ1n) is 1.76. The van der Waals surface area contributed by atoms with E-state index >= 15 is 0 Å². The molecule has 0 aliphatic heterocycles. The lowest BCUT2D eigenvalue weighted by Gasteiger charge is -1.82. The Balaban J connectivity index is 2.83. The third-order valence-electron chi connectivity index (χ3n) is 0.370. The number of rotatable bonds is 3. The van der Waals surface area contributed by atoms with Gasteiger partial charge >= 0.3 is 0 Å². The molecule has 0 saturated heterocycles. The van der Waals surface area contributed by atoms with Gasteiger partial charge in [0.25, 0.3) is 0 Å². The summed E-state index contributed by atoms with van der Waals surface area (Å²) in [7, 11) is 0. The fourth-order valence-corrected chi connectivity index (χ4v) is 0.221. The molecular weight excluding hydrogens is 116 g/mol. The predicted molar refractivity (Wildman–Crippen MR) is 27.9 cm³/mol. The van der Waals surface area contributed by atoms with E-state index in [0.29, 0.717) is 13.1 Å². The summed E-state index contributed by atoms with van der Waals surface area (Å²) < 4.78 is 0. The minimum atomic E-state index is 0.403. The first-order chi connectivity index (χ1) is 3.41. The van der Waals surface area contributed by atoms with Crippen molar-refractivity contribution in [2.24, 2.45) is 5.11 Å². The second-order valence-electron chi connectivity index (χ2n) is 0.838. The fourth-order valence-electron chi connectivity index (χ4n) is 0.137. The van der Waals surface area contributed by atoms with Crippen molar-refractivity contribution in [1.29, 1.82) is 0 Å². The van der Waals surface area contributed by atoms with Crippen molar-refractivity contribution in [2.45, 2.75) is 0 Å². The van der Waals surface area contributed by atoms with Gasteiger partial charge in [-0.25, -0.2) is 4.84 Å². The number of hydrogen-bond acceptors (Lipinski definition) is 2. The highest BCUT2D eigenvalue weighted by Gasteiger charge is 1.73. The van der Waals surface area contributed by atoms with Gasteiger partial charge in [0.2, 0.25) is 0 Å². The van der Waals surface area contributed by atoms with E-state index in [2.05, 4.69) is 14.9 Å². The van der Waals surface area contributed by atoms with Gasteiger partial charge in [0, 0.05) is 18.0 Å². The molecule has 0 amide bonds. The van der Waals surface area contributed by atoms with Crippen molar-refractivity contribution < 1.29 is 0 Å². The molecule has 0 unspecified atom stereocenters. The molecule has 1 N–H and O–H groups in total. The molecule has 0 atom stereocenters. The zero-order chi connectivity index (χ0) is 5.54. The molecule has 0 saturated carbocycles. The minimum absolute atomic E-state index is 0.403. The van der Waals surface area contributed by atoms with E-state index in [4.69, 9.17) is 17.3 Å². The summed E-state index contributed by atoms with van der Waals surface area (Å²) in [5, 5.41) is 3.20. The van der Waals surface area contributed by atoms with Crippen molar-refractivity contribution in [3.8, 4) is 0 Å². The summed E-state index contributed by atoms with van der Waals surface area (Å²) >= 11 is 5.00. The van der Waals surface area contributed by atoms with E-state index < -0.39 is 0 Å². The van der Waals surface area contributed by atoms with Gasteiger partial charge in [-0.2, -0.15) is 0 Å². The molecule has 0 rings (SSSR count). The van der Waals surface area contributed by atoms with Crippen LogP contribution in [0.2, 0.25) is 0 Å². The molecule has 5 heteroatoms. The van der Waals surface area contributed by atoms with Crippen LogP contribution in [0.3, 0.4) is 0 Å². The number of nitrogens with zero attached hydrogens (tertiary/aromatic N) is 3. The van der Waals surface area contributed by atoms with Crippen LogP contribution in [0.4, 0.5) is 0 Å². The second-order valence-corrected chi connectivity index (χ2v) is 1.11. The van der Waals surface area contributed by atoms with Crippen molar-refractivity contribution in [1.82, 2.24) is 4.84 Å². The summed E-state index contributed by atoms with van der Waals surface area (Å²) in [6.45, 7) is 0.922. The van der Waals surface area contributed by atoms with Crippen molar-refractivity contribution >= 4 is 11.8 Å². The molecule has 4 nitrogen and oxygen atoms in total. The number of nitrogens with one attached hydrogen (secondary N) is 1. The Morgan fingerprint density at radius 3 is 3.00 bits per heavy atom. The number of azide groups is 1. The van der Waals surface area contributed by atoms with Crippen molar-refractivity contribution in [3.05, 3.63) is 10.4 Å². The molecule has 0 spiro atoms. The lowest BCUT2D eigenvalue weighted by Crippen LogP contribution is -2.02. The highest BCUT2D eigenvalue weighted by Crippen LogP contribution is 1.68. The van der Waals surface area contributed by atoms with Gasteiger partial charge in [0.05, 0.1) is 0 Å². The van der Waals surface area contributed by atoms with E-state index in [1.54, 1.807) is 0 Å². The normalized spacial score (nSPS) is 7.57. The Kier molecular flexibility index (Phi) is 5.21. The Hall–Kier alpha value is -0.440. The van der Waals surface area contributed by atoms with Crippen LogP contribution in [0, 0.1) is 0 Å². The van der Waals surface area contributed by atoms with Gasteiger partial charge in [-0.3, -0.25) is 0 Å². The SMILES string of the molecule is [N-]=[N+]=NCCNCl. The lowest BCUT2D eigenvalue weighted by atomic mass is 10.7. The van der Waals surface area contributed by atoms with Crippen LogP contribution >= 0.6 is 11.8 Å². The molecule has 0 aliphatic rings. The molecule has 0 aromatic carbocycles.